The summed E-state index contributed by atoms with van der Waals surface area (Å²) in [5, 5.41) is 9.02. The highest BCUT2D eigenvalue weighted by atomic mass is 19.1. The van der Waals surface area contributed by atoms with Crippen molar-refractivity contribution in [2.45, 2.75) is 26.2 Å². The third kappa shape index (κ3) is 3.21. The summed E-state index contributed by atoms with van der Waals surface area (Å²) < 4.78 is 19.0. The minimum atomic E-state index is -0.923. The van der Waals surface area contributed by atoms with Crippen molar-refractivity contribution in [1.29, 1.82) is 0 Å². The van der Waals surface area contributed by atoms with Gasteiger partial charge >= 0.3 is 11.9 Å². The summed E-state index contributed by atoms with van der Waals surface area (Å²) in [6, 6.07) is 4.53. The fourth-order valence-electron chi connectivity index (χ4n) is 2.31. The number of nitrogens with one attached hydrogen (secondary N) is 1. The second-order valence-electron chi connectivity index (χ2n) is 4.61. The van der Waals surface area contributed by atoms with Gasteiger partial charge in [-0.25, -0.2) is 9.18 Å². The van der Waals surface area contributed by atoms with E-state index in [1.807, 2.05) is 0 Å². The van der Waals surface area contributed by atoms with Gasteiger partial charge in [-0.05, 0) is 37.5 Å². The zero-order chi connectivity index (χ0) is 15.4. The Morgan fingerprint density at radius 3 is 2.81 bits per heavy atom. The van der Waals surface area contributed by atoms with Crippen LogP contribution in [-0.2, 0) is 16.0 Å². The molecule has 112 valence electrons. The van der Waals surface area contributed by atoms with E-state index in [1.54, 1.807) is 19.1 Å². The van der Waals surface area contributed by atoms with E-state index >= 15 is 0 Å². The number of hydrogen-bond acceptors (Lipinski definition) is 3. The van der Waals surface area contributed by atoms with Crippen molar-refractivity contribution in [3.63, 3.8) is 0 Å². The first-order valence-electron chi connectivity index (χ1n) is 6.72. The van der Waals surface area contributed by atoms with E-state index in [2.05, 4.69) is 4.98 Å². The Morgan fingerprint density at radius 1 is 1.38 bits per heavy atom. The number of halogens is 1. The summed E-state index contributed by atoms with van der Waals surface area (Å²) in [7, 11) is 0. The molecule has 21 heavy (non-hydrogen) atoms. The van der Waals surface area contributed by atoms with Gasteiger partial charge in [-0.2, -0.15) is 0 Å². The zero-order valence-corrected chi connectivity index (χ0v) is 11.6. The number of rotatable bonds is 6. The second-order valence-corrected chi connectivity index (χ2v) is 4.61. The van der Waals surface area contributed by atoms with Crippen molar-refractivity contribution in [2.75, 3.05) is 6.61 Å². The molecule has 0 amide bonds. The summed E-state index contributed by atoms with van der Waals surface area (Å²) in [6.45, 7) is 1.90. The quantitative estimate of drug-likeness (QED) is 0.803. The summed E-state index contributed by atoms with van der Waals surface area (Å²) in [4.78, 5) is 25.4. The molecule has 1 aromatic heterocycles. The van der Waals surface area contributed by atoms with Crippen LogP contribution < -0.4 is 0 Å². The number of carboxylic acid groups (broad SMARTS) is 1. The molecule has 2 aromatic rings. The Kier molecular flexibility index (Phi) is 4.57. The first-order valence-corrected chi connectivity index (χ1v) is 6.72. The highest BCUT2D eigenvalue weighted by Gasteiger charge is 2.20. The number of fused-ring (bicyclic) bond motifs is 1. The van der Waals surface area contributed by atoms with Gasteiger partial charge < -0.3 is 14.8 Å². The molecule has 0 aliphatic carbocycles. The van der Waals surface area contributed by atoms with Gasteiger partial charge in [-0.1, -0.05) is 6.07 Å². The minimum Gasteiger partial charge on any atom is -0.481 e. The number of aromatic nitrogens is 1. The molecule has 5 nitrogen and oxygen atoms in total. The van der Waals surface area contributed by atoms with Crippen molar-refractivity contribution in [3.05, 3.63) is 35.3 Å². The third-order valence-electron chi connectivity index (χ3n) is 3.17. The van der Waals surface area contributed by atoms with Gasteiger partial charge in [-0.15, -0.1) is 0 Å². The van der Waals surface area contributed by atoms with E-state index < -0.39 is 17.8 Å². The summed E-state index contributed by atoms with van der Waals surface area (Å²) in [5.74, 6) is -1.92. The van der Waals surface area contributed by atoms with Crippen molar-refractivity contribution in [3.8, 4) is 0 Å². The maximum absolute atomic E-state index is 14.0. The van der Waals surface area contributed by atoms with Gasteiger partial charge in [-0.3, -0.25) is 4.79 Å². The second kappa shape index (κ2) is 6.39. The largest absolute Gasteiger partial charge is 0.481 e. The molecule has 0 aliphatic heterocycles. The van der Waals surface area contributed by atoms with Crippen LogP contribution in [0, 0.1) is 5.82 Å². The topological polar surface area (TPSA) is 79.4 Å². The van der Waals surface area contributed by atoms with Crippen LogP contribution in [0.2, 0.25) is 0 Å². The lowest BCUT2D eigenvalue weighted by molar-refractivity contribution is -0.137. The van der Waals surface area contributed by atoms with E-state index in [0.29, 0.717) is 29.3 Å². The zero-order valence-electron chi connectivity index (χ0n) is 11.6. The molecule has 0 saturated heterocycles. The van der Waals surface area contributed by atoms with Gasteiger partial charge in [0.2, 0.25) is 0 Å². The average Bonchev–Trinajstić information content (AvgIpc) is 2.79. The summed E-state index contributed by atoms with van der Waals surface area (Å²) in [6.07, 6.45) is 0.577. The lowest BCUT2D eigenvalue weighted by Gasteiger charge is -2.04. The normalized spacial score (nSPS) is 10.8. The number of esters is 1. The fourth-order valence-corrected chi connectivity index (χ4v) is 2.31. The molecule has 0 aliphatic rings. The molecule has 0 radical (unpaired) electrons. The van der Waals surface area contributed by atoms with Crippen LogP contribution in [0.4, 0.5) is 4.39 Å². The molecule has 2 N–H and O–H groups in total. The number of aryl methyl sites for hydroxylation is 1. The van der Waals surface area contributed by atoms with Crippen LogP contribution in [0.25, 0.3) is 10.9 Å². The molecule has 1 aromatic carbocycles. The van der Waals surface area contributed by atoms with E-state index in [9.17, 15) is 14.0 Å². The van der Waals surface area contributed by atoms with Gasteiger partial charge in [0.15, 0.2) is 0 Å². The van der Waals surface area contributed by atoms with Crippen LogP contribution in [0.1, 0.15) is 35.8 Å². The predicted molar refractivity (Wildman–Crippen MR) is 74.8 cm³/mol. The first kappa shape index (κ1) is 15.0. The molecule has 2 rings (SSSR count). The van der Waals surface area contributed by atoms with E-state index in [4.69, 9.17) is 9.84 Å². The number of carbonyl (C=O) groups excluding carboxylic acids is 1. The molecule has 6 heteroatoms. The van der Waals surface area contributed by atoms with E-state index in [1.165, 1.54) is 6.07 Å². The van der Waals surface area contributed by atoms with E-state index in [0.717, 1.165) is 0 Å². The van der Waals surface area contributed by atoms with Gasteiger partial charge in [0.05, 0.1) is 6.61 Å². The maximum Gasteiger partial charge on any atom is 0.355 e. The Morgan fingerprint density at radius 2 is 2.14 bits per heavy atom. The summed E-state index contributed by atoms with van der Waals surface area (Å²) >= 11 is 0. The Balaban J connectivity index is 2.43. The number of aromatic amines is 1. The molecule has 1 heterocycles. The Labute approximate surface area is 120 Å². The standard InChI is InChI=1S/C15H16FNO4/c1-2-21-15(20)14-9(5-3-8-12(18)19)13-10(16)6-4-7-11(13)17-14/h4,6-7,17H,2-3,5,8H2,1H3,(H,18,19). The van der Waals surface area contributed by atoms with Crippen LogP contribution in [0.15, 0.2) is 18.2 Å². The van der Waals surface area contributed by atoms with Crippen LogP contribution >= 0.6 is 0 Å². The predicted octanol–water partition coefficient (Wildman–Crippen LogP) is 2.89. The lowest BCUT2D eigenvalue weighted by atomic mass is 10.0. The SMILES string of the molecule is CCOC(=O)c1[nH]c2cccc(F)c2c1CCCC(=O)O. The van der Waals surface area contributed by atoms with E-state index in [-0.39, 0.29) is 18.7 Å². The number of benzene rings is 1. The van der Waals surface area contributed by atoms with Gasteiger partial charge in [0.1, 0.15) is 11.5 Å². The number of hydrogen-bond donors (Lipinski definition) is 2. The number of carboxylic acids is 1. The van der Waals surface area contributed by atoms with Crippen LogP contribution in [0.5, 0.6) is 0 Å². The molecule has 0 spiro atoms. The van der Waals surface area contributed by atoms with Crippen molar-refractivity contribution < 1.29 is 23.8 Å². The third-order valence-corrected chi connectivity index (χ3v) is 3.17. The number of aliphatic carboxylic acids is 1. The lowest BCUT2D eigenvalue weighted by Crippen LogP contribution is -2.08. The molecule has 0 saturated carbocycles. The highest BCUT2D eigenvalue weighted by Crippen LogP contribution is 2.27. The van der Waals surface area contributed by atoms with Crippen molar-refractivity contribution >= 4 is 22.8 Å². The molecule has 0 bridgehead atoms. The van der Waals surface area contributed by atoms with Crippen molar-refractivity contribution in [2.24, 2.45) is 0 Å². The molecule has 0 fully saturated rings. The molecule has 0 unspecified atom stereocenters. The monoisotopic (exact) mass is 293 g/mol. The maximum atomic E-state index is 14.0. The molecular formula is C15H16FNO4. The average molecular weight is 293 g/mol. The molecular weight excluding hydrogens is 277 g/mol. The minimum absolute atomic E-state index is 0.0383. The van der Waals surface area contributed by atoms with Gasteiger partial charge in [0, 0.05) is 17.3 Å². The highest BCUT2D eigenvalue weighted by molar-refractivity contribution is 5.98. The van der Waals surface area contributed by atoms with Crippen LogP contribution in [0.3, 0.4) is 0 Å². The van der Waals surface area contributed by atoms with Crippen molar-refractivity contribution in [1.82, 2.24) is 4.98 Å². The number of ether oxygens (including phenoxy) is 1. The number of carbonyl (C=O) groups is 2. The smallest absolute Gasteiger partial charge is 0.355 e. The Hall–Kier alpha value is -2.37. The van der Waals surface area contributed by atoms with Gasteiger partial charge in [0.25, 0.3) is 0 Å². The fraction of sp³-hybridized carbons (Fsp3) is 0.333. The Bertz CT molecular complexity index is 678. The molecule has 0 atom stereocenters. The number of H-pyrrole nitrogens is 1. The van der Waals surface area contributed by atoms with Crippen LogP contribution in [-0.4, -0.2) is 28.6 Å². The summed E-state index contributed by atoms with van der Waals surface area (Å²) in [5.41, 5.74) is 1.17. The first-order chi connectivity index (χ1) is 10.0.